The van der Waals surface area contributed by atoms with E-state index < -0.39 is 0 Å². The molecule has 2 N–H and O–H groups in total. The molecule has 1 fully saturated rings. The van der Waals surface area contributed by atoms with E-state index in [1.165, 1.54) is 4.88 Å². The van der Waals surface area contributed by atoms with Crippen LogP contribution >= 0.6 is 11.3 Å². The molecule has 2 heterocycles. The van der Waals surface area contributed by atoms with Gasteiger partial charge in [-0.2, -0.15) is 0 Å². The monoisotopic (exact) mass is 376 g/mol. The van der Waals surface area contributed by atoms with Gasteiger partial charge in [0.05, 0.1) is 19.9 Å². The summed E-state index contributed by atoms with van der Waals surface area (Å²) in [5.74, 6) is 1.23. The zero-order valence-electron chi connectivity index (χ0n) is 15.0. The highest BCUT2D eigenvalue weighted by Gasteiger charge is 2.35. The number of urea groups is 1. The van der Waals surface area contributed by atoms with Crippen LogP contribution in [0.1, 0.15) is 17.7 Å². The number of carbonyl (C=O) groups excluding carboxylic acids is 1. The normalized spacial score (nSPS) is 15.9. The molecule has 1 aliphatic heterocycles. The molecule has 1 aliphatic rings. The van der Waals surface area contributed by atoms with Gasteiger partial charge in [0.2, 0.25) is 0 Å². The van der Waals surface area contributed by atoms with Crippen molar-refractivity contribution in [2.75, 3.05) is 39.3 Å². The Morgan fingerprint density at radius 2 is 2.04 bits per heavy atom. The molecule has 26 heavy (non-hydrogen) atoms. The number of nitrogens with one attached hydrogen (secondary N) is 2. The summed E-state index contributed by atoms with van der Waals surface area (Å²) in [6, 6.07) is 9.23. The fraction of sp³-hybridized carbons (Fsp3) is 0.421. The van der Waals surface area contributed by atoms with Crippen molar-refractivity contribution in [3.8, 4) is 11.5 Å². The minimum absolute atomic E-state index is 0.0618. The highest BCUT2D eigenvalue weighted by Crippen LogP contribution is 2.37. The van der Waals surface area contributed by atoms with E-state index in [1.807, 2.05) is 0 Å². The van der Waals surface area contributed by atoms with Crippen LogP contribution < -0.4 is 20.1 Å². The van der Waals surface area contributed by atoms with Crippen molar-refractivity contribution in [1.29, 1.82) is 0 Å². The van der Waals surface area contributed by atoms with Gasteiger partial charge in [0.1, 0.15) is 11.5 Å². The van der Waals surface area contributed by atoms with Gasteiger partial charge in [-0.25, -0.2) is 4.79 Å². The van der Waals surface area contributed by atoms with Gasteiger partial charge in [-0.3, -0.25) is 0 Å². The van der Waals surface area contributed by atoms with E-state index in [-0.39, 0.29) is 11.4 Å². The molecule has 0 radical (unpaired) electrons. The van der Waals surface area contributed by atoms with Gasteiger partial charge in [0.15, 0.2) is 0 Å². The molecule has 0 bridgehead atoms. The Morgan fingerprint density at radius 3 is 2.69 bits per heavy atom. The van der Waals surface area contributed by atoms with Gasteiger partial charge in [0, 0.05) is 36.1 Å². The van der Waals surface area contributed by atoms with Gasteiger partial charge < -0.3 is 24.8 Å². The minimum Gasteiger partial charge on any atom is -0.497 e. The molecule has 7 heteroatoms. The second kappa shape index (κ2) is 8.42. The number of anilines is 1. The Labute approximate surface area is 157 Å². The number of hydrogen-bond acceptors (Lipinski definition) is 5. The maximum atomic E-state index is 12.5. The fourth-order valence-corrected chi connectivity index (χ4v) is 4.16. The van der Waals surface area contributed by atoms with Crippen LogP contribution in [0.15, 0.2) is 35.7 Å². The summed E-state index contributed by atoms with van der Waals surface area (Å²) < 4.78 is 16.0. The van der Waals surface area contributed by atoms with Crippen LogP contribution in [0.5, 0.6) is 11.5 Å². The molecule has 0 atom stereocenters. The summed E-state index contributed by atoms with van der Waals surface area (Å²) in [6.07, 6.45) is 1.80. The van der Waals surface area contributed by atoms with Crippen molar-refractivity contribution in [2.24, 2.45) is 0 Å². The molecule has 2 aromatic rings. The maximum absolute atomic E-state index is 12.5. The third-order valence-electron chi connectivity index (χ3n) is 4.74. The van der Waals surface area contributed by atoms with Crippen molar-refractivity contribution < 1.29 is 19.0 Å². The lowest BCUT2D eigenvalue weighted by atomic mass is 9.78. The number of rotatable bonds is 6. The van der Waals surface area contributed by atoms with E-state index in [1.54, 1.807) is 43.8 Å². The predicted octanol–water partition coefficient (Wildman–Crippen LogP) is 3.64. The molecule has 3 rings (SSSR count). The number of ether oxygens (including phenoxy) is 3. The average Bonchev–Trinajstić information content (AvgIpc) is 3.23. The summed E-state index contributed by atoms with van der Waals surface area (Å²) in [5, 5.41) is 7.96. The summed E-state index contributed by atoms with van der Waals surface area (Å²) in [4.78, 5) is 13.7. The molecule has 0 spiro atoms. The lowest BCUT2D eigenvalue weighted by Gasteiger charge is -2.36. The molecule has 1 aromatic heterocycles. The van der Waals surface area contributed by atoms with E-state index in [2.05, 4.69) is 28.1 Å². The molecule has 0 saturated carbocycles. The summed E-state index contributed by atoms with van der Waals surface area (Å²) >= 11 is 1.73. The summed E-state index contributed by atoms with van der Waals surface area (Å²) in [5.41, 5.74) is 0.538. The minimum atomic E-state index is -0.254. The third kappa shape index (κ3) is 4.11. The van der Waals surface area contributed by atoms with Crippen LogP contribution in [0.25, 0.3) is 0 Å². The number of hydrogen-bond donors (Lipinski definition) is 2. The number of thiophene rings is 1. The fourth-order valence-electron chi connectivity index (χ4n) is 3.17. The first-order valence-corrected chi connectivity index (χ1v) is 9.43. The topological polar surface area (TPSA) is 68.8 Å². The molecule has 140 valence electrons. The van der Waals surface area contributed by atoms with Crippen LogP contribution in [-0.2, 0) is 10.2 Å². The largest absolute Gasteiger partial charge is 0.497 e. The first-order chi connectivity index (χ1) is 12.7. The molecule has 0 aliphatic carbocycles. The van der Waals surface area contributed by atoms with Crippen molar-refractivity contribution in [1.82, 2.24) is 5.32 Å². The van der Waals surface area contributed by atoms with Crippen LogP contribution in [0.4, 0.5) is 10.5 Å². The van der Waals surface area contributed by atoms with E-state index in [0.29, 0.717) is 36.9 Å². The molecular formula is C19H24N2O4S. The van der Waals surface area contributed by atoms with E-state index in [4.69, 9.17) is 14.2 Å². The molecule has 6 nitrogen and oxygen atoms in total. The standard InChI is InChI=1S/C19H24N2O4S/c1-23-14-5-6-15(16(12-14)24-2)21-18(22)20-13-19(7-9-25-10-8-19)17-4-3-11-26-17/h3-6,11-12H,7-10,13H2,1-2H3,(H2,20,21,22). The van der Waals surface area contributed by atoms with Gasteiger partial charge in [-0.05, 0) is 36.4 Å². The number of amides is 2. The summed E-state index contributed by atoms with van der Waals surface area (Å²) in [6.45, 7) is 2.00. The van der Waals surface area contributed by atoms with Gasteiger partial charge in [-0.15, -0.1) is 11.3 Å². The highest BCUT2D eigenvalue weighted by molar-refractivity contribution is 7.10. The van der Waals surface area contributed by atoms with Gasteiger partial charge in [-0.1, -0.05) is 6.07 Å². The molecule has 2 amide bonds. The second-order valence-electron chi connectivity index (χ2n) is 6.24. The van der Waals surface area contributed by atoms with Crippen LogP contribution in [0.3, 0.4) is 0 Å². The zero-order valence-corrected chi connectivity index (χ0v) is 15.9. The Kier molecular flexibility index (Phi) is 6.00. The van der Waals surface area contributed by atoms with Crippen molar-refractivity contribution in [2.45, 2.75) is 18.3 Å². The lowest BCUT2D eigenvalue weighted by Crippen LogP contribution is -2.45. The number of carbonyl (C=O) groups is 1. The first-order valence-electron chi connectivity index (χ1n) is 8.55. The number of methoxy groups -OCH3 is 2. The van der Waals surface area contributed by atoms with E-state index >= 15 is 0 Å². The third-order valence-corrected chi connectivity index (χ3v) is 5.85. The smallest absolute Gasteiger partial charge is 0.319 e. The first kappa shape index (κ1) is 18.5. The van der Waals surface area contributed by atoms with Crippen molar-refractivity contribution in [3.63, 3.8) is 0 Å². The van der Waals surface area contributed by atoms with E-state index in [9.17, 15) is 4.79 Å². The van der Waals surface area contributed by atoms with Crippen LogP contribution in [0.2, 0.25) is 0 Å². The molecule has 1 aromatic carbocycles. The Bertz CT molecular complexity index is 727. The van der Waals surface area contributed by atoms with Gasteiger partial charge >= 0.3 is 6.03 Å². The number of benzene rings is 1. The van der Waals surface area contributed by atoms with Crippen LogP contribution in [-0.4, -0.2) is 40.0 Å². The van der Waals surface area contributed by atoms with Crippen LogP contribution in [0, 0.1) is 0 Å². The Balaban J connectivity index is 1.66. The second-order valence-corrected chi connectivity index (χ2v) is 7.19. The summed E-state index contributed by atoms with van der Waals surface area (Å²) in [7, 11) is 3.15. The maximum Gasteiger partial charge on any atom is 0.319 e. The SMILES string of the molecule is COc1ccc(NC(=O)NCC2(c3cccs3)CCOCC2)c(OC)c1. The van der Waals surface area contributed by atoms with Crippen molar-refractivity contribution in [3.05, 3.63) is 40.6 Å². The zero-order chi connectivity index (χ0) is 18.4. The van der Waals surface area contributed by atoms with Gasteiger partial charge in [0.25, 0.3) is 0 Å². The lowest BCUT2D eigenvalue weighted by molar-refractivity contribution is 0.0521. The quantitative estimate of drug-likeness (QED) is 0.808. The molecule has 1 saturated heterocycles. The molecule has 0 unspecified atom stereocenters. The highest BCUT2D eigenvalue weighted by atomic mass is 32.1. The van der Waals surface area contributed by atoms with Crippen molar-refractivity contribution >= 4 is 23.1 Å². The Hall–Kier alpha value is -2.25. The predicted molar refractivity (Wildman–Crippen MR) is 103 cm³/mol. The van der Waals surface area contributed by atoms with E-state index in [0.717, 1.165) is 12.8 Å². The molecular weight excluding hydrogens is 352 g/mol. The Morgan fingerprint density at radius 1 is 1.23 bits per heavy atom. The average molecular weight is 376 g/mol.